The molecule has 0 nitrogen and oxygen atoms in total. The molecule has 0 aromatic heterocycles. The lowest BCUT2D eigenvalue weighted by Crippen LogP contribution is -1.91. The Hall–Kier alpha value is -2.34. The molecule has 0 atom stereocenters. The van der Waals surface area contributed by atoms with E-state index in [-0.39, 0.29) is 0 Å². The Kier molecular flexibility index (Phi) is 90.4. The second-order valence-electron chi connectivity index (χ2n) is 11.4. The second kappa shape index (κ2) is 65.1. The van der Waals surface area contributed by atoms with Crippen molar-refractivity contribution in [3.8, 4) is 0 Å². The molecule has 0 amide bonds. The van der Waals surface area contributed by atoms with Gasteiger partial charge in [-0.25, -0.2) is 0 Å². The Morgan fingerprint density at radius 2 is 0.920 bits per heavy atom. The van der Waals surface area contributed by atoms with Gasteiger partial charge < -0.3 is 0 Å². The van der Waals surface area contributed by atoms with Gasteiger partial charge in [0.05, 0.1) is 0 Å². The molecule has 0 unspecified atom stereocenters. The van der Waals surface area contributed by atoms with Crippen molar-refractivity contribution in [2.24, 2.45) is 5.92 Å². The molecule has 0 aliphatic carbocycles. The van der Waals surface area contributed by atoms with E-state index in [0.29, 0.717) is 0 Å². The molecule has 0 aromatic carbocycles. The Balaban J connectivity index is -0.0000000592. The highest BCUT2D eigenvalue weighted by atomic mass is 14.0. The Morgan fingerprint density at radius 3 is 1.10 bits per heavy atom. The maximum absolute atomic E-state index is 3.95. The lowest BCUT2D eigenvalue weighted by Gasteiger charge is -2.05. The average Bonchev–Trinajstić information content (AvgIpc) is 3.13. The van der Waals surface area contributed by atoms with Gasteiger partial charge in [0.2, 0.25) is 0 Å². The third kappa shape index (κ3) is 71.6. The van der Waals surface area contributed by atoms with Gasteiger partial charge in [-0.05, 0) is 90.9 Å². The zero-order chi connectivity index (χ0) is 42.1. The Morgan fingerprint density at radius 1 is 0.540 bits per heavy atom. The van der Waals surface area contributed by atoms with Crippen LogP contribution >= 0.6 is 0 Å². The molecule has 0 saturated heterocycles. The van der Waals surface area contributed by atoms with Gasteiger partial charge in [-0.15, -0.1) is 0 Å². The third-order valence-electron chi connectivity index (χ3n) is 6.71. The van der Waals surface area contributed by atoms with Gasteiger partial charge in [0, 0.05) is 0 Å². The summed E-state index contributed by atoms with van der Waals surface area (Å²) in [6.07, 6.45) is 22.0. The van der Waals surface area contributed by atoms with Gasteiger partial charge in [0.25, 0.3) is 0 Å². The van der Waals surface area contributed by atoms with Crippen LogP contribution in [0.25, 0.3) is 0 Å². The molecule has 0 aromatic rings. The molecular formula is C50H100. The molecule has 0 N–H and O–H groups in total. The smallest absolute Gasteiger partial charge is 0.0234 e. The van der Waals surface area contributed by atoms with Gasteiger partial charge in [0.15, 0.2) is 0 Å². The topological polar surface area (TPSA) is 0 Å². The summed E-state index contributed by atoms with van der Waals surface area (Å²) in [5, 5.41) is 0. The lowest BCUT2D eigenvalue weighted by molar-refractivity contribution is 0.480. The lowest BCUT2D eigenvalue weighted by atomic mass is 10.0. The highest BCUT2D eigenvalue weighted by Crippen LogP contribution is 2.15. The van der Waals surface area contributed by atoms with Crippen molar-refractivity contribution < 1.29 is 0 Å². The SMILES string of the molecule is C=C(C)/C(C)=C/C.C=C(C)C(=C)/C(C)=C\C.C=C/C=C(\C=C(/C)CCCC)C(=C)C.CC.CC.CC.CC.CCCC.CCCC(C)CCC. The third-order valence-corrected chi connectivity index (χ3v) is 6.71. The molecule has 50 heavy (non-hydrogen) atoms. The van der Waals surface area contributed by atoms with E-state index in [0.717, 1.165) is 28.2 Å². The predicted octanol–water partition coefficient (Wildman–Crippen LogP) is 19.6. The molecule has 0 heterocycles. The van der Waals surface area contributed by atoms with Crippen LogP contribution < -0.4 is 0 Å². The fourth-order valence-corrected chi connectivity index (χ4v) is 3.12. The Labute approximate surface area is 322 Å². The van der Waals surface area contributed by atoms with Crippen LogP contribution in [0, 0.1) is 5.92 Å². The van der Waals surface area contributed by atoms with Gasteiger partial charge in [-0.3, -0.25) is 0 Å². The summed E-state index contributed by atoms with van der Waals surface area (Å²) >= 11 is 0. The number of rotatable bonds is 14. The van der Waals surface area contributed by atoms with E-state index in [1.807, 2.05) is 115 Å². The van der Waals surface area contributed by atoms with Gasteiger partial charge >= 0.3 is 0 Å². The maximum atomic E-state index is 3.95. The van der Waals surface area contributed by atoms with Crippen LogP contribution in [-0.4, -0.2) is 0 Å². The number of unbranched alkanes of at least 4 members (excludes halogenated alkanes) is 2. The maximum Gasteiger partial charge on any atom is -0.0234 e. The molecule has 300 valence electrons. The molecule has 0 fully saturated rings. The van der Waals surface area contributed by atoms with Crippen molar-refractivity contribution in [2.45, 2.75) is 210 Å². The van der Waals surface area contributed by atoms with Gasteiger partial charge in [0.1, 0.15) is 0 Å². The fraction of sp³-hybridized carbons (Fsp3) is 0.640. The first-order valence-corrected chi connectivity index (χ1v) is 20.5. The van der Waals surface area contributed by atoms with Gasteiger partial charge in [-0.2, -0.15) is 0 Å². The van der Waals surface area contributed by atoms with E-state index in [1.54, 1.807) is 0 Å². The minimum Gasteiger partial charge on any atom is -0.0990 e. The number of allylic oxidation sites excluding steroid dienone is 13. The Bertz CT molecular complexity index is 823. The van der Waals surface area contributed by atoms with Crippen LogP contribution in [-0.2, 0) is 0 Å². The number of hydrogen-bond acceptors (Lipinski definition) is 0. The van der Waals surface area contributed by atoms with E-state index in [1.165, 1.54) is 80.1 Å². The number of hydrogen-bond donors (Lipinski definition) is 0. The van der Waals surface area contributed by atoms with E-state index in [2.05, 4.69) is 100 Å². The summed E-state index contributed by atoms with van der Waals surface area (Å²) < 4.78 is 0. The van der Waals surface area contributed by atoms with Crippen LogP contribution in [0.1, 0.15) is 210 Å². The predicted molar refractivity (Wildman–Crippen MR) is 249 cm³/mol. The zero-order valence-electron chi connectivity index (χ0n) is 39.4. The molecule has 0 aliphatic heterocycles. The highest BCUT2D eigenvalue weighted by molar-refractivity contribution is 5.41. The van der Waals surface area contributed by atoms with Crippen molar-refractivity contribution in [1.29, 1.82) is 0 Å². The van der Waals surface area contributed by atoms with Crippen molar-refractivity contribution in [1.82, 2.24) is 0 Å². The first kappa shape index (κ1) is 69.4. The summed E-state index contributed by atoms with van der Waals surface area (Å²) in [5.74, 6) is 0.963. The van der Waals surface area contributed by atoms with E-state index >= 15 is 0 Å². The minimum absolute atomic E-state index is 0.963. The van der Waals surface area contributed by atoms with Crippen LogP contribution in [0.15, 0.2) is 108 Å². The minimum atomic E-state index is 0.963. The van der Waals surface area contributed by atoms with E-state index in [4.69, 9.17) is 0 Å². The fourth-order valence-electron chi connectivity index (χ4n) is 3.12. The highest BCUT2D eigenvalue weighted by Gasteiger charge is 1.96. The monoisotopic (exact) mass is 701 g/mol. The molecule has 0 aliphatic rings. The van der Waals surface area contributed by atoms with Crippen LogP contribution in [0.2, 0.25) is 0 Å². The molecule has 0 rings (SSSR count). The van der Waals surface area contributed by atoms with Crippen molar-refractivity contribution >= 4 is 0 Å². The molecular weight excluding hydrogens is 601 g/mol. The summed E-state index contributed by atoms with van der Waals surface area (Å²) in [5.41, 5.74) is 9.45. The first-order chi connectivity index (χ1) is 23.6. The average molecular weight is 701 g/mol. The summed E-state index contributed by atoms with van der Waals surface area (Å²) in [6, 6.07) is 0. The largest absolute Gasteiger partial charge is 0.0990 e. The molecule has 0 radical (unpaired) electrons. The second-order valence-corrected chi connectivity index (χ2v) is 11.4. The summed E-state index contributed by atoms with van der Waals surface area (Å²) in [4.78, 5) is 0. The summed E-state index contributed by atoms with van der Waals surface area (Å²) in [6.45, 7) is 64.8. The quantitative estimate of drug-likeness (QED) is 0.158. The van der Waals surface area contributed by atoms with Crippen LogP contribution in [0.5, 0.6) is 0 Å². The molecule has 0 saturated carbocycles. The first-order valence-electron chi connectivity index (χ1n) is 20.5. The van der Waals surface area contributed by atoms with Crippen molar-refractivity contribution in [3.05, 3.63) is 108 Å². The molecule has 0 bridgehead atoms. The normalized spacial score (nSPS) is 9.98. The van der Waals surface area contributed by atoms with Crippen LogP contribution in [0.4, 0.5) is 0 Å². The van der Waals surface area contributed by atoms with Crippen molar-refractivity contribution in [3.63, 3.8) is 0 Å². The standard InChI is InChI=1S/C14H22.C9H14.C8H18.C7H12.C4H10.4C2H6/c1-6-8-10-13(5)11-14(9-7-2)12(3)4;1-6-8(4)9(5)7(2)3;1-4-6-8(3)7-5-2;1-5-7(4)6(2)3;1-3-4-2;4*1-2/h7,9,11H,2-3,6,8,10H2,1,4-5H3;6H,2,5H2,1,3-4H3;8H,4-7H2,1-3H3;5H,2H2,1,3-4H3;3-4H2,1-2H3;4*1-2H3/b13-11+,14-9+;8-6-;;7-5+;;;;;. The van der Waals surface area contributed by atoms with Crippen molar-refractivity contribution in [2.75, 3.05) is 0 Å². The van der Waals surface area contributed by atoms with Gasteiger partial charge in [-0.1, -0.05) is 233 Å². The van der Waals surface area contributed by atoms with Crippen LogP contribution in [0.3, 0.4) is 0 Å². The molecule has 0 spiro atoms. The summed E-state index contributed by atoms with van der Waals surface area (Å²) in [7, 11) is 0. The molecule has 0 heteroatoms. The van der Waals surface area contributed by atoms with E-state index < -0.39 is 0 Å². The van der Waals surface area contributed by atoms with E-state index in [9.17, 15) is 0 Å². The zero-order valence-corrected chi connectivity index (χ0v) is 39.4.